The van der Waals surface area contributed by atoms with Crippen molar-refractivity contribution in [3.05, 3.63) is 120 Å². The van der Waals surface area contributed by atoms with Crippen LogP contribution >= 0.6 is 0 Å². The van der Waals surface area contributed by atoms with Crippen LogP contribution in [0.1, 0.15) is 22.8 Å². The van der Waals surface area contributed by atoms with Gasteiger partial charge in [-0.3, -0.25) is 0 Å². The zero-order valence-corrected chi connectivity index (χ0v) is 20.2. The molecule has 0 amide bonds. The van der Waals surface area contributed by atoms with Crippen LogP contribution in [0.15, 0.2) is 97.1 Å². The molecule has 2 N–H and O–H groups in total. The molecular formula is C32H22N4O2. The van der Waals surface area contributed by atoms with Crippen molar-refractivity contribution in [2.45, 2.75) is 0 Å². The van der Waals surface area contributed by atoms with Crippen LogP contribution in [0.25, 0.3) is 57.7 Å². The monoisotopic (exact) mass is 494 g/mol. The van der Waals surface area contributed by atoms with Crippen molar-refractivity contribution in [3.63, 3.8) is 0 Å². The molecule has 0 radical (unpaired) electrons. The van der Waals surface area contributed by atoms with E-state index in [9.17, 15) is 10.2 Å². The molecule has 2 aromatic carbocycles. The summed E-state index contributed by atoms with van der Waals surface area (Å²) in [5, 5.41) is 21.3. The number of para-hydroxylation sites is 4. The minimum atomic E-state index is 0.191. The van der Waals surface area contributed by atoms with E-state index in [-0.39, 0.29) is 11.5 Å². The maximum atomic E-state index is 10.7. The number of aromatic nitrogens is 4. The summed E-state index contributed by atoms with van der Waals surface area (Å²) in [4.78, 5) is 9.67. The Morgan fingerprint density at radius 1 is 0.421 bits per heavy atom. The molecule has 6 heteroatoms. The van der Waals surface area contributed by atoms with Crippen molar-refractivity contribution < 1.29 is 10.2 Å². The standard InChI is InChI=1S/C32H22N4O2/c37-31-7-3-1-5-29(31)35-25-13-14-26(35)18-22-10-12-24(34-22)20-28-16-15-27(19-23-11-9-21(17-25)33-23)36(28)30-6-2-4-8-32(30)38/h1-20,37-38H. The van der Waals surface area contributed by atoms with Crippen LogP contribution in [0, 0.1) is 0 Å². The molecule has 5 aromatic rings. The summed E-state index contributed by atoms with van der Waals surface area (Å²) < 4.78 is 4.01. The minimum absolute atomic E-state index is 0.191. The zero-order valence-electron chi connectivity index (χ0n) is 20.2. The van der Waals surface area contributed by atoms with Gasteiger partial charge in [-0.2, -0.15) is 0 Å². The largest absolute Gasteiger partial charge is 0.506 e. The maximum absolute atomic E-state index is 10.7. The van der Waals surface area contributed by atoms with Gasteiger partial charge in [0.25, 0.3) is 0 Å². The van der Waals surface area contributed by atoms with Gasteiger partial charge in [-0.25, -0.2) is 9.97 Å². The van der Waals surface area contributed by atoms with E-state index in [4.69, 9.17) is 9.97 Å². The van der Waals surface area contributed by atoms with E-state index in [0.717, 1.165) is 44.8 Å². The molecule has 3 aromatic heterocycles. The molecule has 0 atom stereocenters. The van der Waals surface area contributed by atoms with Crippen molar-refractivity contribution in [1.82, 2.24) is 19.1 Å². The molecule has 2 aliphatic rings. The van der Waals surface area contributed by atoms with E-state index < -0.39 is 0 Å². The fourth-order valence-electron chi connectivity index (χ4n) is 4.97. The Labute approximate surface area is 218 Å². The van der Waals surface area contributed by atoms with Gasteiger partial charge in [0.05, 0.1) is 34.2 Å². The molecule has 0 saturated heterocycles. The Morgan fingerprint density at radius 2 is 0.737 bits per heavy atom. The lowest BCUT2D eigenvalue weighted by Crippen LogP contribution is -1.94. The first-order valence-corrected chi connectivity index (χ1v) is 12.3. The molecule has 0 saturated carbocycles. The van der Waals surface area contributed by atoms with Crippen LogP contribution in [0.3, 0.4) is 0 Å². The molecule has 7 rings (SSSR count). The predicted molar refractivity (Wildman–Crippen MR) is 152 cm³/mol. The Hall–Kier alpha value is -5.36. The Morgan fingerprint density at radius 3 is 1.05 bits per heavy atom. The molecule has 5 heterocycles. The summed E-state index contributed by atoms with van der Waals surface area (Å²) >= 11 is 0. The zero-order chi connectivity index (χ0) is 25.6. The first kappa shape index (κ1) is 21.9. The van der Waals surface area contributed by atoms with Gasteiger partial charge in [-0.15, -0.1) is 0 Å². The van der Waals surface area contributed by atoms with Crippen molar-refractivity contribution in [3.8, 4) is 22.9 Å². The lowest BCUT2D eigenvalue weighted by Gasteiger charge is -2.09. The van der Waals surface area contributed by atoms with Gasteiger partial charge in [-0.05, 0) is 97.1 Å². The van der Waals surface area contributed by atoms with Crippen LogP contribution < -0.4 is 0 Å². The molecule has 6 nitrogen and oxygen atoms in total. The average Bonchev–Trinajstić information content (AvgIpc) is 3.70. The lowest BCUT2D eigenvalue weighted by atomic mass is 10.2. The molecule has 0 spiro atoms. The molecule has 0 aliphatic carbocycles. The van der Waals surface area contributed by atoms with E-state index in [1.807, 2.05) is 118 Å². The summed E-state index contributed by atoms with van der Waals surface area (Å²) in [5.74, 6) is 0.382. The first-order chi connectivity index (χ1) is 18.6. The first-order valence-electron chi connectivity index (χ1n) is 12.3. The van der Waals surface area contributed by atoms with Crippen LogP contribution in [0.2, 0.25) is 0 Å². The van der Waals surface area contributed by atoms with E-state index >= 15 is 0 Å². The van der Waals surface area contributed by atoms with Crippen molar-refractivity contribution >= 4 is 46.4 Å². The molecular weight excluding hydrogens is 472 g/mol. The van der Waals surface area contributed by atoms with Gasteiger partial charge in [0.15, 0.2) is 0 Å². The highest BCUT2D eigenvalue weighted by Gasteiger charge is 2.11. The Kier molecular flexibility index (Phi) is 4.97. The highest BCUT2D eigenvalue weighted by molar-refractivity contribution is 5.80. The fourth-order valence-corrected chi connectivity index (χ4v) is 4.97. The number of rotatable bonds is 2. The van der Waals surface area contributed by atoms with E-state index in [1.165, 1.54) is 0 Å². The van der Waals surface area contributed by atoms with Crippen LogP contribution in [0.5, 0.6) is 11.5 Å². The highest BCUT2D eigenvalue weighted by Crippen LogP contribution is 2.30. The van der Waals surface area contributed by atoms with Crippen LogP contribution in [0.4, 0.5) is 0 Å². The highest BCUT2D eigenvalue weighted by atomic mass is 16.3. The van der Waals surface area contributed by atoms with Crippen molar-refractivity contribution in [1.29, 1.82) is 0 Å². The van der Waals surface area contributed by atoms with Gasteiger partial charge < -0.3 is 19.3 Å². The van der Waals surface area contributed by atoms with Crippen molar-refractivity contribution in [2.24, 2.45) is 0 Å². The minimum Gasteiger partial charge on any atom is -0.506 e. The number of hydrogen-bond acceptors (Lipinski definition) is 4. The lowest BCUT2D eigenvalue weighted by molar-refractivity contribution is 0.472. The van der Waals surface area contributed by atoms with Crippen LogP contribution in [-0.4, -0.2) is 29.3 Å². The van der Waals surface area contributed by atoms with Crippen LogP contribution in [-0.2, 0) is 0 Å². The Balaban J connectivity index is 1.58. The number of benzene rings is 2. The molecule has 8 bridgehead atoms. The third-order valence-electron chi connectivity index (χ3n) is 6.68. The number of phenolic OH excluding ortho intramolecular Hbond substituents is 2. The molecule has 2 aliphatic heterocycles. The van der Waals surface area contributed by atoms with Gasteiger partial charge in [0.1, 0.15) is 11.5 Å². The average molecular weight is 495 g/mol. The molecule has 0 unspecified atom stereocenters. The van der Waals surface area contributed by atoms with Gasteiger partial charge in [0.2, 0.25) is 0 Å². The quantitative estimate of drug-likeness (QED) is 0.272. The number of hydrogen-bond donors (Lipinski definition) is 2. The summed E-state index contributed by atoms with van der Waals surface area (Å²) in [6.45, 7) is 0. The number of phenols is 2. The summed E-state index contributed by atoms with van der Waals surface area (Å²) in [7, 11) is 0. The second-order valence-corrected chi connectivity index (χ2v) is 9.18. The Bertz CT molecular complexity index is 1730. The van der Waals surface area contributed by atoms with E-state index in [0.29, 0.717) is 11.4 Å². The summed E-state index contributed by atoms with van der Waals surface area (Å²) in [6.07, 6.45) is 7.89. The van der Waals surface area contributed by atoms with Crippen molar-refractivity contribution in [2.75, 3.05) is 0 Å². The molecule has 0 fully saturated rings. The predicted octanol–water partition coefficient (Wildman–Crippen LogP) is 6.99. The third-order valence-corrected chi connectivity index (χ3v) is 6.68. The van der Waals surface area contributed by atoms with Gasteiger partial charge in [0, 0.05) is 22.1 Å². The smallest absolute Gasteiger partial charge is 0.139 e. The third kappa shape index (κ3) is 3.76. The van der Waals surface area contributed by atoms with Gasteiger partial charge >= 0.3 is 0 Å². The second kappa shape index (κ2) is 8.64. The topological polar surface area (TPSA) is 76.1 Å². The second-order valence-electron chi connectivity index (χ2n) is 9.18. The number of nitrogens with zero attached hydrogens (tertiary/aromatic N) is 4. The fraction of sp³-hybridized carbons (Fsp3) is 0. The van der Waals surface area contributed by atoms with E-state index in [1.54, 1.807) is 12.1 Å². The molecule has 38 heavy (non-hydrogen) atoms. The van der Waals surface area contributed by atoms with E-state index in [2.05, 4.69) is 0 Å². The summed E-state index contributed by atoms with van der Waals surface area (Å²) in [5.41, 5.74) is 8.08. The SMILES string of the molecule is Oc1ccccc1-n1c2ccc1cc1nc(cc3ccc(cc4nc(c2)C=C4)n3-c2ccccc2O)C=C1. The number of fused-ring (bicyclic) bond motifs is 8. The summed E-state index contributed by atoms with van der Waals surface area (Å²) in [6, 6.07) is 30.6. The molecule has 182 valence electrons. The maximum Gasteiger partial charge on any atom is 0.139 e. The number of aromatic hydroxyl groups is 2. The normalized spacial score (nSPS) is 12.2. The van der Waals surface area contributed by atoms with Gasteiger partial charge in [-0.1, -0.05) is 24.3 Å².